The van der Waals surface area contributed by atoms with Gasteiger partial charge in [0, 0.05) is 19.2 Å². The van der Waals surface area contributed by atoms with Crippen LogP contribution in [-0.4, -0.2) is 18.3 Å². The molecule has 0 spiro atoms. The van der Waals surface area contributed by atoms with Gasteiger partial charge in [0.2, 0.25) is 0 Å². The number of aliphatic hydroxyl groups is 1. The first-order chi connectivity index (χ1) is 9.61. The standard InChI is InChI=1S/C18H29NO/c1-13(2)10-18(17-7-5-4-6-14(17)3)19-11-16(12-20)15-8-9-15/h4-7,13,15-16,18-20H,8-12H2,1-3H3. The van der Waals surface area contributed by atoms with E-state index in [0.717, 1.165) is 18.9 Å². The second kappa shape index (κ2) is 7.24. The second-order valence-electron chi connectivity index (χ2n) is 6.73. The van der Waals surface area contributed by atoms with E-state index in [1.54, 1.807) is 0 Å². The van der Waals surface area contributed by atoms with Crippen LogP contribution in [0.25, 0.3) is 0 Å². The normalized spacial score (nSPS) is 18.2. The van der Waals surface area contributed by atoms with Crippen molar-refractivity contribution in [1.29, 1.82) is 0 Å². The highest BCUT2D eigenvalue weighted by molar-refractivity contribution is 5.28. The smallest absolute Gasteiger partial charge is 0.0474 e. The summed E-state index contributed by atoms with van der Waals surface area (Å²) in [6.07, 6.45) is 3.74. The van der Waals surface area contributed by atoms with Crippen LogP contribution in [0.3, 0.4) is 0 Å². The van der Waals surface area contributed by atoms with E-state index in [0.29, 0.717) is 24.5 Å². The van der Waals surface area contributed by atoms with Crippen LogP contribution < -0.4 is 5.32 Å². The Hall–Kier alpha value is -0.860. The molecular formula is C18H29NO. The van der Waals surface area contributed by atoms with Gasteiger partial charge in [0.1, 0.15) is 0 Å². The third-order valence-electron chi connectivity index (χ3n) is 4.42. The van der Waals surface area contributed by atoms with E-state index >= 15 is 0 Å². The maximum atomic E-state index is 9.52. The van der Waals surface area contributed by atoms with Gasteiger partial charge in [0.15, 0.2) is 0 Å². The third-order valence-corrected chi connectivity index (χ3v) is 4.42. The van der Waals surface area contributed by atoms with Crippen molar-refractivity contribution < 1.29 is 5.11 Å². The predicted molar refractivity (Wildman–Crippen MR) is 84.7 cm³/mol. The van der Waals surface area contributed by atoms with Crippen LogP contribution in [0.1, 0.15) is 50.3 Å². The van der Waals surface area contributed by atoms with Crippen molar-refractivity contribution >= 4 is 0 Å². The first-order valence-electron chi connectivity index (χ1n) is 8.01. The third kappa shape index (κ3) is 4.32. The van der Waals surface area contributed by atoms with Crippen molar-refractivity contribution in [3.05, 3.63) is 35.4 Å². The molecule has 0 bridgehead atoms. The fraction of sp³-hybridized carbons (Fsp3) is 0.667. The quantitative estimate of drug-likeness (QED) is 0.758. The van der Waals surface area contributed by atoms with Gasteiger partial charge in [-0.3, -0.25) is 0 Å². The van der Waals surface area contributed by atoms with Crippen LogP contribution in [0, 0.1) is 24.7 Å². The van der Waals surface area contributed by atoms with Crippen molar-refractivity contribution in [3.8, 4) is 0 Å². The van der Waals surface area contributed by atoms with Gasteiger partial charge in [-0.1, -0.05) is 38.1 Å². The monoisotopic (exact) mass is 275 g/mol. The van der Waals surface area contributed by atoms with Crippen LogP contribution in [0.2, 0.25) is 0 Å². The Morgan fingerprint density at radius 1 is 1.25 bits per heavy atom. The lowest BCUT2D eigenvalue weighted by Crippen LogP contribution is -2.31. The maximum Gasteiger partial charge on any atom is 0.0474 e. The molecule has 2 nitrogen and oxygen atoms in total. The summed E-state index contributed by atoms with van der Waals surface area (Å²) in [5.41, 5.74) is 2.77. The molecule has 2 atom stereocenters. The zero-order chi connectivity index (χ0) is 14.5. The van der Waals surface area contributed by atoms with Gasteiger partial charge in [0.05, 0.1) is 0 Å². The molecule has 1 saturated carbocycles. The average Bonchev–Trinajstić information content (AvgIpc) is 3.23. The largest absolute Gasteiger partial charge is 0.396 e. The summed E-state index contributed by atoms with van der Waals surface area (Å²) in [6, 6.07) is 9.06. The van der Waals surface area contributed by atoms with Gasteiger partial charge < -0.3 is 10.4 Å². The number of hydrogen-bond donors (Lipinski definition) is 2. The van der Waals surface area contributed by atoms with Crippen LogP contribution in [0.15, 0.2) is 24.3 Å². The van der Waals surface area contributed by atoms with Gasteiger partial charge >= 0.3 is 0 Å². The molecule has 0 aromatic heterocycles. The molecule has 2 heteroatoms. The number of aliphatic hydroxyl groups excluding tert-OH is 1. The molecule has 1 fully saturated rings. The van der Waals surface area contributed by atoms with E-state index in [9.17, 15) is 5.11 Å². The number of rotatable bonds is 8. The van der Waals surface area contributed by atoms with Gasteiger partial charge in [-0.2, -0.15) is 0 Å². The Bertz CT molecular complexity index is 412. The van der Waals surface area contributed by atoms with Crippen molar-refractivity contribution in [2.75, 3.05) is 13.2 Å². The van der Waals surface area contributed by atoms with Gasteiger partial charge in [0.25, 0.3) is 0 Å². The summed E-state index contributed by atoms with van der Waals surface area (Å²) < 4.78 is 0. The SMILES string of the molecule is Cc1ccccc1C(CC(C)C)NCC(CO)C1CC1. The Labute approximate surface area is 123 Å². The van der Waals surface area contributed by atoms with E-state index in [4.69, 9.17) is 0 Å². The minimum Gasteiger partial charge on any atom is -0.396 e. The molecule has 2 unspecified atom stereocenters. The molecule has 20 heavy (non-hydrogen) atoms. The Morgan fingerprint density at radius 3 is 2.50 bits per heavy atom. The number of hydrogen-bond acceptors (Lipinski definition) is 2. The van der Waals surface area contributed by atoms with Crippen molar-refractivity contribution in [1.82, 2.24) is 5.32 Å². The Kier molecular flexibility index (Phi) is 5.62. The van der Waals surface area contributed by atoms with E-state index in [1.165, 1.54) is 24.0 Å². The van der Waals surface area contributed by atoms with Gasteiger partial charge in [-0.05, 0) is 55.1 Å². The molecular weight excluding hydrogens is 246 g/mol. The molecule has 2 N–H and O–H groups in total. The molecule has 0 aliphatic heterocycles. The summed E-state index contributed by atoms with van der Waals surface area (Å²) in [6.45, 7) is 8.00. The maximum absolute atomic E-state index is 9.52. The van der Waals surface area contributed by atoms with Gasteiger partial charge in [-0.25, -0.2) is 0 Å². The van der Waals surface area contributed by atoms with Crippen molar-refractivity contribution in [3.63, 3.8) is 0 Å². The molecule has 0 heterocycles. The van der Waals surface area contributed by atoms with Crippen LogP contribution >= 0.6 is 0 Å². The summed E-state index contributed by atoms with van der Waals surface area (Å²) in [5, 5.41) is 13.2. The average molecular weight is 275 g/mol. The zero-order valence-corrected chi connectivity index (χ0v) is 13.1. The number of benzene rings is 1. The predicted octanol–water partition coefficient (Wildman–Crippen LogP) is 3.69. The molecule has 2 rings (SSSR count). The first-order valence-corrected chi connectivity index (χ1v) is 8.01. The fourth-order valence-electron chi connectivity index (χ4n) is 3.01. The highest BCUT2D eigenvalue weighted by Gasteiger charge is 2.31. The van der Waals surface area contributed by atoms with Crippen molar-refractivity contribution in [2.45, 2.75) is 46.1 Å². The summed E-state index contributed by atoms with van der Waals surface area (Å²) in [7, 11) is 0. The summed E-state index contributed by atoms with van der Waals surface area (Å²) in [5.74, 6) is 1.86. The summed E-state index contributed by atoms with van der Waals surface area (Å²) in [4.78, 5) is 0. The zero-order valence-electron chi connectivity index (χ0n) is 13.1. The van der Waals surface area contributed by atoms with Crippen molar-refractivity contribution in [2.24, 2.45) is 17.8 Å². The van der Waals surface area contributed by atoms with Crippen LogP contribution in [0.5, 0.6) is 0 Å². The fourth-order valence-corrected chi connectivity index (χ4v) is 3.01. The first kappa shape index (κ1) is 15.5. The van der Waals surface area contributed by atoms with E-state index < -0.39 is 0 Å². The second-order valence-corrected chi connectivity index (χ2v) is 6.73. The Balaban J connectivity index is 2.01. The lowest BCUT2D eigenvalue weighted by atomic mass is 9.93. The minimum atomic E-state index is 0.319. The van der Waals surface area contributed by atoms with Gasteiger partial charge in [-0.15, -0.1) is 0 Å². The van der Waals surface area contributed by atoms with E-state index in [2.05, 4.69) is 50.4 Å². The molecule has 1 aliphatic carbocycles. The molecule has 0 radical (unpaired) electrons. The van der Waals surface area contributed by atoms with E-state index in [-0.39, 0.29) is 0 Å². The number of aryl methyl sites for hydroxylation is 1. The Morgan fingerprint density at radius 2 is 1.95 bits per heavy atom. The highest BCUT2D eigenvalue weighted by Crippen LogP contribution is 2.36. The lowest BCUT2D eigenvalue weighted by Gasteiger charge is -2.25. The molecule has 112 valence electrons. The van der Waals surface area contributed by atoms with E-state index in [1.807, 2.05) is 0 Å². The lowest BCUT2D eigenvalue weighted by molar-refractivity contribution is 0.200. The molecule has 0 amide bonds. The van der Waals surface area contributed by atoms with Crippen LogP contribution in [0.4, 0.5) is 0 Å². The molecule has 0 saturated heterocycles. The topological polar surface area (TPSA) is 32.3 Å². The highest BCUT2D eigenvalue weighted by atomic mass is 16.3. The number of nitrogens with one attached hydrogen (secondary N) is 1. The minimum absolute atomic E-state index is 0.319. The summed E-state index contributed by atoms with van der Waals surface area (Å²) >= 11 is 0. The molecule has 1 aromatic rings. The molecule has 1 aromatic carbocycles. The molecule has 1 aliphatic rings. The van der Waals surface area contributed by atoms with Crippen LogP contribution in [-0.2, 0) is 0 Å².